The van der Waals surface area contributed by atoms with Crippen molar-refractivity contribution in [1.82, 2.24) is 0 Å². The standard InChI is InChI=1S/C31H29N/c1-24-4-8-26(9-5-24)12-14-28-16-20-30(21-17-28)32(3)31-22-18-29(19-23-31)15-13-27-10-6-25(2)7-11-27/h4-23H,1-3H3/b14-12+,15-13+. The zero-order chi connectivity index (χ0) is 22.3. The van der Waals surface area contributed by atoms with Crippen molar-refractivity contribution in [1.29, 1.82) is 0 Å². The average molecular weight is 416 g/mol. The van der Waals surface area contributed by atoms with E-state index in [0.29, 0.717) is 0 Å². The van der Waals surface area contributed by atoms with Gasteiger partial charge in [-0.1, -0.05) is 108 Å². The lowest BCUT2D eigenvalue weighted by Crippen LogP contribution is -2.08. The van der Waals surface area contributed by atoms with Gasteiger partial charge in [-0.25, -0.2) is 0 Å². The van der Waals surface area contributed by atoms with E-state index in [-0.39, 0.29) is 0 Å². The van der Waals surface area contributed by atoms with E-state index >= 15 is 0 Å². The smallest absolute Gasteiger partial charge is 0.0408 e. The summed E-state index contributed by atoms with van der Waals surface area (Å²) >= 11 is 0. The summed E-state index contributed by atoms with van der Waals surface area (Å²) < 4.78 is 0. The Morgan fingerprint density at radius 1 is 0.406 bits per heavy atom. The highest BCUT2D eigenvalue weighted by molar-refractivity contribution is 5.73. The molecule has 0 fully saturated rings. The quantitative estimate of drug-likeness (QED) is 0.286. The molecule has 1 heteroatoms. The summed E-state index contributed by atoms with van der Waals surface area (Å²) in [6.07, 6.45) is 8.62. The fraction of sp³-hybridized carbons (Fsp3) is 0.0968. The van der Waals surface area contributed by atoms with Crippen LogP contribution in [0.5, 0.6) is 0 Å². The number of rotatable bonds is 6. The maximum absolute atomic E-state index is 2.21. The Labute approximate surface area is 192 Å². The molecule has 4 aromatic carbocycles. The van der Waals surface area contributed by atoms with Crippen molar-refractivity contribution in [2.45, 2.75) is 13.8 Å². The molecule has 0 amide bonds. The van der Waals surface area contributed by atoms with Crippen molar-refractivity contribution in [2.24, 2.45) is 0 Å². The van der Waals surface area contributed by atoms with E-state index in [1.165, 1.54) is 44.8 Å². The van der Waals surface area contributed by atoms with Crippen LogP contribution in [-0.2, 0) is 0 Å². The molecule has 0 aliphatic heterocycles. The van der Waals surface area contributed by atoms with E-state index in [0.717, 1.165) is 0 Å². The minimum Gasteiger partial charge on any atom is -0.345 e. The summed E-state index contributed by atoms with van der Waals surface area (Å²) in [5, 5.41) is 0. The Hall–Kier alpha value is -3.84. The molecule has 0 aromatic heterocycles. The molecule has 0 atom stereocenters. The van der Waals surface area contributed by atoms with Gasteiger partial charge in [0, 0.05) is 18.4 Å². The summed E-state index contributed by atoms with van der Waals surface area (Å²) in [6, 6.07) is 34.5. The highest BCUT2D eigenvalue weighted by atomic mass is 15.1. The highest BCUT2D eigenvalue weighted by Crippen LogP contribution is 2.25. The number of hydrogen-bond donors (Lipinski definition) is 0. The van der Waals surface area contributed by atoms with E-state index in [2.05, 4.69) is 147 Å². The van der Waals surface area contributed by atoms with Gasteiger partial charge in [-0.05, 0) is 60.4 Å². The molecule has 0 spiro atoms. The van der Waals surface area contributed by atoms with Crippen molar-refractivity contribution in [3.63, 3.8) is 0 Å². The van der Waals surface area contributed by atoms with Gasteiger partial charge >= 0.3 is 0 Å². The van der Waals surface area contributed by atoms with E-state index in [1.54, 1.807) is 0 Å². The average Bonchev–Trinajstić information content (AvgIpc) is 2.83. The normalized spacial score (nSPS) is 11.3. The largest absolute Gasteiger partial charge is 0.345 e. The van der Waals surface area contributed by atoms with Gasteiger partial charge < -0.3 is 4.90 Å². The van der Waals surface area contributed by atoms with Crippen molar-refractivity contribution in [2.75, 3.05) is 11.9 Å². The van der Waals surface area contributed by atoms with Crippen molar-refractivity contribution < 1.29 is 0 Å². The first-order valence-corrected chi connectivity index (χ1v) is 11.0. The van der Waals surface area contributed by atoms with Crippen LogP contribution in [0.1, 0.15) is 33.4 Å². The predicted octanol–water partition coefficient (Wildman–Crippen LogP) is 8.41. The second-order valence-electron chi connectivity index (χ2n) is 8.23. The molecular formula is C31H29N. The Kier molecular flexibility index (Phi) is 6.67. The van der Waals surface area contributed by atoms with E-state index in [9.17, 15) is 0 Å². The maximum Gasteiger partial charge on any atom is 0.0408 e. The number of nitrogens with zero attached hydrogens (tertiary/aromatic N) is 1. The molecule has 4 rings (SSSR count). The second-order valence-corrected chi connectivity index (χ2v) is 8.23. The molecule has 158 valence electrons. The monoisotopic (exact) mass is 415 g/mol. The Balaban J connectivity index is 1.40. The SMILES string of the molecule is Cc1ccc(/C=C/c2ccc(N(C)c3ccc(/C=C/c4ccc(C)cc4)cc3)cc2)cc1. The molecule has 0 aliphatic carbocycles. The zero-order valence-corrected chi connectivity index (χ0v) is 19.0. The second kappa shape index (κ2) is 9.98. The minimum atomic E-state index is 1.17. The molecule has 0 saturated carbocycles. The third-order valence-electron chi connectivity index (χ3n) is 5.65. The van der Waals surface area contributed by atoms with Gasteiger partial charge in [0.05, 0.1) is 0 Å². The first-order chi connectivity index (χ1) is 15.6. The summed E-state index contributed by atoms with van der Waals surface area (Å²) in [5.74, 6) is 0. The number of benzene rings is 4. The number of hydrogen-bond acceptors (Lipinski definition) is 1. The summed E-state index contributed by atoms with van der Waals surface area (Å²) in [6.45, 7) is 4.22. The molecule has 0 N–H and O–H groups in total. The van der Waals surface area contributed by atoms with Gasteiger partial charge in [0.1, 0.15) is 0 Å². The Morgan fingerprint density at radius 2 is 0.656 bits per heavy atom. The lowest BCUT2D eigenvalue weighted by atomic mass is 10.1. The lowest BCUT2D eigenvalue weighted by molar-refractivity contribution is 1.21. The molecule has 0 heterocycles. The van der Waals surface area contributed by atoms with Crippen LogP contribution < -0.4 is 4.90 Å². The molecular weight excluding hydrogens is 386 g/mol. The van der Waals surface area contributed by atoms with Crippen LogP contribution in [0.25, 0.3) is 24.3 Å². The van der Waals surface area contributed by atoms with Crippen LogP contribution in [0.4, 0.5) is 11.4 Å². The van der Waals surface area contributed by atoms with E-state index < -0.39 is 0 Å². The van der Waals surface area contributed by atoms with Crippen LogP contribution >= 0.6 is 0 Å². The molecule has 1 nitrogen and oxygen atoms in total. The molecule has 0 aliphatic rings. The van der Waals surface area contributed by atoms with Gasteiger partial charge in [0.15, 0.2) is 0 Å². The van der Waals surface area contributed by atoms with Crippen molar-refractivity contribution in [3.05, 3.63) is 130 Å². The zero-order valence-electron chi connectivity index (χ0n) is 19.0. The van der Waals surface area contributed by atoms with Crippen molar-refractivity contribution >= 4 is 35.7 Å². The van der Waals surface area contributed by atoms with Gasteiger partial charge in [0.2, 0.25) is 0 Å². The fourth-order valence-corrected chi connectivity index (χ4v) is 3.51. The Bertz CT molecular complexity index is 1090. The maximum atomic E-state index is 2.21. The van der Waals surface area contributed by atoms with E-state index in [4.69, 9.17) is 0 Å². The first-order valence-electron chi connectivity index (χ1n) is 11.0. The highest BCUT2D eigenvalue weighted by Gasteiger charge is 2.03. The third-order valence-corrected chi connectivity index (χ3v) is 5.65. The first kappa shape index (κ1) is 21.4. The van der Waals surface area contributed by atoms with Crippen LogP contribution in [0.2, 0.25) is 0 Å². The molecule has 0 radical (unpaired) electrons. The summed E-state index contributed by atoms with van der Waals surface area (Å²) in [5.41, 5.74) is 9.72. The molecule has 4 aromatic rings. The summed E-state index contributed by atoms with van der Waals surface area (Å²) in [4.78, 5) is 2.21. The molecule has 0 bridgehead atoms. The molecule has 32 heavy (non-hydrogen) atoms. The predicted molar refractivity (Wildman–Crippen MR) is 141 cm³/mol. The fourth-order valence-electron chi connectivity index (χ4n) is 3.51. The molecule has 0 unspecified atom stereocenters. The van der Waals surface area contributed by atoms with Gasteiger partial charge in [0.25, 0.3) is 0 Å². The Morgan fingerprint density at radius 3 is 0.938 bits per heavy atom. The van der Waals surface area contributed by atoms with Crippen molar-refractivity contribution in [3.8, 4) is 0 Å². The third kappa shape index (κ3) is 5.65. The van der Waals surface area contributed by atoms with E-state index in [1.807, 2.05) is 0 Å². The number of aryl methyl sites for hydroxylation is 2. The van der Waals surface area contributed by atoms with Crippen LogP contribution in [0.3, 0.4) is 0 Å². The van der Waals surface area contributed by atoms with Gasteiger partial charge in [-0.2, -0.15) is 0 Å². The van der Waals surface area contributed by atoms with Crippen LogP contribution in [-0.4, -0.2) is 7.05 Å². The van der Waals surface area contributed by atoms with Gasteiger partial charge in [-0.3, -0.25) is 0 Å². The summed E-state index contributed by atoms with van der Waals surface area (Å²) in [7, 11) is 2.11. The minimum absolute atomic E-state index is 1.17. The lowest BCUT2D eigenvalue weighted by Gasteiger charge is -2.20. The van der Waals surface area contributed by atoms with Crippen LogP contribution in [0, 0.1) is 13.8 Å². The van der Waals surface area contributed by atoms with Crippen LogP contribution in [0.15, 0.2) is 97.1 Å². The number of anilines is 2. The molecule has 0 saturated heterocycles. The topological polar surface area (TPSA) is 3.24 Å². The van der Waals surface area contributed by atoms with Gasteiger partial charge in [-0.15, -0.1) is 0 Å².